The molecule has 3 heterocycles. The summed E-state index contributed by atoms with van der Waals surface area (Å²) in [6.07, 6.45) is 0. The van der Waals surface area contributed by atoms with Crippen LogP contribution in [0.25, 0.3) is 16.1 Å². The Morgan fingerprint density at radius 3 is 2.60 bits per heavy atom. The molecule has 0 saturated heterocycles. The smallest absolute Gasteiger partial charge is 0.165 e. The van der Waals surface area contributed by atoms with Crippen LogP contribution in [0.3, 0.4) is 0 Å². The van der Waals surface area contributed by atoms with Crippen LogP contribution in [-0.2, 0) is 0 Å². The zero-order chi connectivity index (χ0) is 14.4. The van der Waals surface area contributed by atoms with Gasteiger partial charge in [0.1, 0.15) is 5.15 Å². The van der Waals surface area contributed by atoms with E-state index >= 15 is 0 Å². The lowest BCUT2D eigenvalue weighted by Crippen LogP contribution is -2.04. The van der Waals surface area contributed by atoms with Gasteiger partial charge in [-0.2, -0.15) is 5.10 Å². The van der Waals surface area contributed by atoms with Crippen LogP contribution in [0.15, 0.2) is 17.5 Å². The number of nitrogens with zero attached hydrogens (tertiary/aromatic N) is 3. The molecule has 0 saturated carbocycles. The topological polar surface area (TPSA) is 30.2 Å². The summed E-state index contributed by atoms with van der Waals surface area (Å²) in [5, 5.41) is 7.32. The van der Waals surface area contributed by atoms with Crippen LogP contribution in [-0.4, -0.2) is 14.6 Å². The van der Waals surface area contributed by atoms with Gasteiger partial charge in [-0.1, -0.05) is 31.5 Å². The monoisotopic (exact) mass is 305 g/mol. The number of thiophene rings is 1. The van der Waals surface area contributed by atoms with Crippen LogP contribution in [0.1, 0.15) is 36.7 Å². The van der Waals surface area contributed by atoms with E-state index in [0.29, 0.717) is 11.1 Å². The van der Waals surface area contributed by atoms with E-state index in [2.05, 4.69) is 30.4 Å². The summed E-state index contributed by atoms with van der Waals surface area (Å²) < 4.78 is 1.77. The summed E-state index contributed by atoms with van der Waals surface area (Å²) in [5.74, 6) is 0.328. The highest BCUT2D eigenvalue weighted by Crippen LogP contribution is 2.35. The number of hydrogen-bond acceptors (Lipinski definition) is 3. The third-order valence-electron chi connectivity index (χ3n) is 3.45. The first kappa shape index (κ1) is 13.6. The Balaban J connectivity index is 2.39. The van der Waals surface area contributed by atoms with Crippen LogP contribution in [0.5, 0.6) is 0 Å². The van der Waals surface area contributed by atoms with E-state index in [1.54, 1.807) is 15.9 Å². The van der Waals surface area contributed by atoms with Crippen LogP contribution in [0.4, 0.5) is 0 Å². The Kier molecular flexibility index (Phi) is 3.30. The third kappa shape index (κ3) is 1.95. The van der Waals surface area contributed by atoms with Gasteiger partial charge < -0.3 is 0 Å². The molecule has 0 radical (unpaired) electrons. The second-order valence-electron chi connectivity index (χ2n) is 5.23. The molecule has 5 heteroatoms. The molecule has 0 aromatic carbocycles. The van der Waals surface area contributed by atoms with E-state index in [1.807, 2.05) is 19.9 Å². The minimum Gasteiger partial charge on any atom is -0.233 e. The predicted octanol–water partition coefficient (Wildman–Crippen LogP) is 4.85. The van der Waals surface area contributed by atoms with Crippen LogP contribution >= 0.6 is 22.9 Å². The summed E-state index contributed by atoms with van der Waals surface area (Å²) in [6, 6.07) is 4.13. The fraction of sp³-hybridized carbons (Fsp3) is 0.333. The number of aromatic nitrogens is 3. The summed E-state index contributed by atoms with van der Waals surface area (Å²) in [6.45, 7) is 8.27. The van der Waals surface area contributed by atoms with Gasteiger partial charge >= 0.3 is 0 Å². The molecule has 0 aliphatic heterocycles. The molecule has 3 rings (SSSR count). The fourth-order valence-corrected chi connectivity index (χ4v) is 3.89. The van der Waals surface area contributed by atoms with Crippen molar-refractivity contribution >= 4 is 28.6 Å². The van der Waals surface area contributed by atoms with Gasteiger partial charge in [0, 0.05) is 16.1 Å². The Bertz CT molecular complexity index is 772. The molecule has 20 heavy (non-hydrogen) atoms. The van der Waals surface area contributed by atoms with Crippen molar-refractivity contribution in [3.63, 3.8) is 0 Å². The van der Waals surface area contributed by atoms with E-state index in [4.69, 9.17) is 16.6 Å². The van der Waals surface area contributed by atoms with Crippen molar-refractivity contribution < 1.29 is 0 Å². The van der Waals surface area contributed by atoms with Gasteiger partial charge in [-0.3, -0.25) is 0 Å². The van der Waals surface area contributed by atoms with Gasteiger partial charge in [0.2, 0.25) is 0 Å². The van der Waals surface area contributed by atoms with Crippen molar-refractivity contribution in [1.29, 1.82) is 0 Å². The number of fused-ring (bicyclic) bond motifs is 1. The molecule has 0 unspecified atom stereocenters. The molecule has 0 spiro atoms. The highest BCUT2D eigenvalue weighted by atomic mass is 35.5. The van der Waals surface area contributed by atoms with Crippen molar-refractivity contribution in [3.05, 3.63) is 39.6 Å². The van der Waals surface area contributed by atoms with Crippen LogP contribution < -0.4 is 0 Å². The molecule has 3 aromatic rings. The molecule has 0 atom stereocenters. The fourth-order valence-electron chi connectivity index (χ4n) is 2.60. The average Bonchev–Trinajstić information content (AvgIpc) is 2.95. The second kappa shape index (κ2) is 4.86. The van der Waals surface area contributed by atoms with Gasteiger partial charge in [-0.05, 0) is 31.2 Å². The molecule has 0 fully saturated rings. The van der Waals surface area contributed by atoms with Gasteiger partial charge in [0.25, 0.3) is 0 Å². The lowest BCUT2D eigenvalue weighted by atomic mass is 10.0. The van der Waals surface area contributed by atoms with Crippen LogP contribution in [0, 0.1) is 13.8 Å². The number of aryl methyl sites for hydroxylation is 2. The largest absolute Gasteiger partial charge is 0.233 e. The SMILES string of the molecule is Cc1nc2c(-c3cccs3)c(C)nn2c(Cl)c1C(C)C. The molecular weight excluding hydrogens is 290 g/mol. The van der Waals surface area contributed by atoms with Crippen molar-refractivity contribution in [3.8, 4) is 10.4 Å². The first-order valence-corrected chi connectivity index (χ1v) is 7.85. The zero-order valence-corrected chi connectivity index (χ0v) is 13.5. The molecule has 0 bridgehead atoms. The van der Waals surface area contributed by atoms with Crippen molar-refractivity contribution in [1.82, 2.24) is 14.6 Å². The Hall–Kier alpha value is -1.39. The molecule has 0 aliphatic rings. The lowest BCUT2D eigenvalue weighted by molar-refractivity contribution is 0.804. The van der Waals surface area contributed by atoms with E-state index in [1.165, 1.54) is 4.88 Å². The average molecular weight is 306 g/mol. The molecular formula is C15H16ClN3S. The lowest BCUT2D eigenvalue weighted by Gasteiger charge is -2.12. The molecule has 3 nitrogen and oxygen atoms in total. The van der Waals surface area contributed by atoms with E-state index in [0.717, 1.165) is 28.2 Å². The molecule has 0 aliphatic carbocycles. The summed E-state index contributed by atoms with van der Waals surface area (Å²) in [5.41, 5.74) is 4.94. The van der Waals surface area contributed by atoms with Gasteiger partial charge in [0.15, 0.2) is 5.65 Å². The highest BCUT2D eigenvalue weighted by Gasteiger charge is 2.20. The van der Waals surface area contributed by atoms with Gasteiger partial charge in [-0.25, -0.2) is 9.50 Å². The zero-order valence-electron chi connectivity index (χ0n) is 11.9. The first-order chi connectivity index (χ1) is 9.50. The summed E-state index contributed by atoms with van der Waals surface area (Å²) >= 11 is 8.25. The van der Waals surface area contributed by atoms with Crippen molar-refractivity contribution in [2.75, 3.05) is 0 Å². The minimum absolute atomic E-state index is 0.328. The molecule has 0 N–H and O–H groups in total. The molecule has 104 valence electrons. The third-order valence-corrected chi connectivity index (χ3v) is 4.70. The van der Waals surface area contributed by atoms with E-state index in [-0.39, 0.29) is 0 Å². The number of hydrogen-bond donors (Lipinski definition) is 0. The molecule has 0 amide bonds. The summed E-state index contributed by atoms with van der Waals surface area (Å²) in [7, 11) is 0. The Labute approximate surface area is 127 Å². The van der Waals surface area contributed by atoms with Gasteiger partial charge in [0.05, 0.1) is 11.3 Å². The molecule has 3 aromatic heterocycles. The number of rotatable bonds is 2. The summed E-state index contributed by atoms with van der Waals surface area (Å²) in [4.78, 5) is 5.94. The van der Waals surface area contributed by atoms with Gasteiger partial charge in [-0.15, -0.1) is 11.3 Å². The van der Waals surface area contributed by atoms with Crippen LogP contribution in [0.2, 0.25) is 5.15 Å². The Morgan fingerprint density at radius 2 is 2.00 bits per heavy atom. The van der Waals surface area contributed by atoms with E-state index < -0.39 is 0 Å². The van der Waals surface area contributed by atoms with Crippen molar-refractivity contribution in [2.45, 2.75) is 33.6 Å². The maximum atomic E-state index is 6.55. The standard InChI is InChI=1S/C15H16ClN3S/c1-8(2)12-9(3)17-15-13(11-6-5-7-20-11)10(4)18-19(15)14(12)16/h5-8H,1-4H3. The Morgan fingerprint density at radius 1 is 1.25 bits per heavy atom. The predicted molar refractivity (Wildman–Crippen MR) is 84.9 cm³/mol. The first-order valence-electron chi connectivity index (χ1n) is 6.60. The highest BCUT2D eigenvalue weighted by molar-refractivity contribution is 7.13. The van der Waals surface area contributed by atoms with E-state index in [9.17, 15) is 0 Å². The maximum absolute atomic E-state index is 6.55. The normalized spacial score (nSPS) is 11.7. The maximum Gasteiger partial charge on any atom is 0.165 e. The number of halogens is 1. The van der Waals surface area contributed by atoms with Crippen molar-refractivity contribution in [2.24, 2.45) is 0 Å². The second-order valence-corrected chi connectivity index (χ2v) is 6.54. The minimum atomic E-state index is 0.328. The quantitative estimate of drug-likeness (QED) is 0.633.